The fourth-order valence-corrected chi connectivity index (χ4v) is 1.41. The van der Waals surface area contributed by atoms with Crippen molar-refractivity contribution in [3.05, 3.63) is 18.3 Å². The Labute approximate surface area is 56.5 Å². The summed E-state index contributed by atoms with van der Waals surface area (Å²) < 4.78 is 0. The third kappa shape index (κ3) is 1.60. The van der Waals surface area contributed by atoms with Crippen LogP contribution in [0, 0.1) is 0 Å². The topological polar surface area (TPSA) is 25.8 Å². The Kier molecular flexibility index (Phi) is 1.95. The molecule has 9 heavy (non-hydrogen) atoms. The van der Waals surface area contributed by atoms with Gasteiger partial charge in [0, 0.05) is 11.5 Å². The summed E-state index contributed by atoms with van der Waals surface area (Å²) >= 11 is 0. The molecular weight excluding hydrogens is 128 g/mol. The lowest BCUT2D eigenvalue weighted by Crippen LogP contribution is -2.26. The van der Waals surface area contributed by atoms with Crippen LogP contribution in [-0.2, 0) is 0 Å². The Morgan fingerprint density at radius 3 is 2.56 bits per heavy atom. The SMILES string of the molecule is C[SiH](C)c1cccnn1. The molecule has 0 aliphatic rings. The molecule has 0 unspecified atom stereocenters. The lowest BCUT2D eigenvalue weighted by molar-refractivity contribution is 1.06. The monoisotopic (exact) mass is 138 g/mol. The van der Waals surface area contributed by atoms with Crippen LogP contribution < -0.4 is 5.32 Å². The van der Waals surface area contributed by atoms with Crippen LogP contribution in [0.5, 0.6) is 0 Å². The van der Waals surface area contributed by atoms with Crippen molar-refractivity contribution < 1.29 is 0 Å². The smallest absolute Gasteiger partial charge is 0.0908 e. The number of hydrogen-bond donors (Lipinski definition) is 0. The van der Waals surface area contributed by atoms with Gasteiger partial charge in [-0.25, -0.2) is 0 Å². The molecule has 3 heteroatoms. The molecule has 1 heterocycles. The number of aromatic nitrogens is 2. The molecule has 1 aromatic heterocycles. The highest BCUT2D eigenvalue weighted by molar-refractivity contribution is 6.69. The fraction of sp³-hybridized carbons (Fsp3) is 0.333. The van der Waals surface area contributed by atoms with E-state index in [-0.39, 0.29) is 0 Å². The van der Waals surface area contributed by atoms with Gasteiger partial charge in [0.25, 0.3) is 0 Å². The van der Waals surface area contributed by atoms with Crippen molar-refractivity contribution in [1.29, 1.82) is 0 Å². The van der Waals surface area contributed by atoms with Crippen LogP contribution in [0.2, 0.25) is 13.1 Å². The summed E-state index contributed by atoms with van der Waals surface area (Å²) in [4.78, 5) is 0. The Bertz CT molecular complexity index is 174. The van der Waals surface area contributed by atoms with Gasteiger partial charge in [-0.2, -0.15) is 10.2 Å². The first-order chi connectivity index (χ1) is 4.30. The Morgan fingerprint density at radius 2 is 2.22 bits per heavy atom. The van der Waals surface area contributed by atoms with Gasteiger partial charge < -0.3 is 0 Å². The zero-order valence-corrected chi connectivity index (χ0v) is 6.86. The maximum atomic E-state index is 3.99. The van der Waals surface area contributed by atoms with Gasteiger partial charge in [-0.05, 0) is 12.1 Å². The van der Waals surface area contributed by atoms with Crippen LogP contribution in [-0.4, -0.2) is 19.0 Å². The largest absolute Gasteiger partial charge is 0.161 e. The van der Waals surface area contributed by atoms with Crippen LogP contribution in [0.1, 0.15) is 0 Å². The second-order valence-corrected chi connectivity index (χ2v) is 5.20. The second-order valence-electron chi connectivity index (χ2n) is 2.30. The van der Waals surface area contributed by atoms with E-state index in [4.69, 9.17) is 0 Å². The summed E-state index contributed by atoms with van der Waals surface area (Å²) in [6, 6.07) is 3.99. The zero-order chi connectivity index (χ0) is 6.69. The normalized spacial score (nSPS) is 10.1. The predicted molar refractivity (Wildman–Crippen MR) is 40.5 cm³/mol. The van der Waals surface area contributed by atoms with Crippen LogP contribution in [0.15, 0.2) is 18.3 Å². The average molecular weight is 138 g/mol. The molecule has 0 aliphatic heterocycles. The van der Waals surface area contributed by atoms with Gasteiger partial charge in [-0.3, -0.25) is 0 Å². The molecule has 0 bridgehead atoms. The van der Waals surface area contributed by atoms with E-state index in [0.717, 1.165) is 0 Å². The molecule has 1 aromatic rings. The van der Waals surface area contributed by atoms with E-state index in [2.05, 4.69) is 23.3 Å². The van der Waals surface area contributed by atoms with E-state index in [9.17, 15) is 0 Å². The summed E-state index contributed by atoms with van der Waals surface area (Å²) in [5, 5.41) is 8.97. The molecule has 0 amide bonds. The van der Waals surface area contributed by atoms with Crippen molar-refractivity contribution in [2.24, 2.45) is 0 Å². The molecule has 0 N–H and O–H groups in total. The Balaban J connectivity index is 2.85. The molecule has 0 aromatic carbocycles. The van der Waals surface area contributed by atoms with Crippen molar-refractivity contribution in [2.75, 3.05) is 0 Å². The minimum absolute atomic E-state index is 0.702. The standard InChI is InChI=1S/C6H10N2Si/c1-9(2)6-4-3-5-7-8-6/h3-5,9H,1-2H3. The van der Waals surface area contributed by atoms with Crippen molar-refractivity contribution in [3.8, 4) is 0 Å². The van der Waals surface area contributed by atoms with Gasteiger partial charge in [-0.1, -0.05) is 13.1 Å². The average Bonchev–Trinajstić information content (AvgIpc) is 1.90. The second kappa shape index (κ2) is 2.73. The first kappa shape index (κ1) is 6.42. The molecule has 2 nitrogen and oxygen atoms in total. The molecule has 0 saturated heterocycles. The van der Waals surface area contributed by atoms with E-state index in [1.165, 1.54) is 5.32 Å². The Hall–Kier alpha value is -0.703. The highest BCUT2D eigenvalue weighted by atomic mass is 28.3. The third-order valence-electron chi connectivity index (χ3n) is 1.18. The van der Waals surface area contributed by atoms with Gasteiger partial charge in [0.2, 0.25) is 0 Å². The number of hydrogen-bond acceptors (Lipinski definition) is 2. The summed E-state index contributed by atoms with van der Waals surface area (Å²) in [5.74, 6) is 0. The van der Waals surface area contributed by atoms with Crippen molar-refractivity contribution in [1.82, 2.24) is 10.2 Å². The summed E-state index contributed by atoms with van der Waals surface area (Å²) in [6.07, 6.45) is 1.71. The van der Waals surface area contributed by atoms with E-state index >= 15 is 0 Å². The molecule has 1 rings (SSSR count). The molecule has 0 fully saturated rings. The van der Waals surface area contributed by atoms with Gasteiger partial charge in [-0.15, -0.1) is 0 Å². The van der Waals surface area contributed by atoms with Crippen molar-refractivity contribution >= 4 is 14.1 Å². The molecule has 0 spiro atoms. The van der Waals surface area contributed by atoms with Gasteiger partial charge in [0.1, 0.15) is 0 Å². The van der Waals surface area contributed by atoms with Crippen molar-refractivity contribution in [3.63, 3.8) is 0 Å². The highest BCUT2D eigenvalue weighted by Crippen LogP contribution is 1.78. The zero-order valence-electron chi connectivity index (χ0n) is 5.70. The minimum atomic E-state index is -0.702. The van der Waals surface area contributed by atoms with E-state index < -0.39 is 8.80 Å². The first-order valence-corrected chi connectivity index (χ1v) is 5.97. The van der Waals surface area contributed by atoms with Gasteiger partial charge >= 0.3 is 0 Å². The van der Waals surface area contributed by atoms with Crippen molar-refractivity contribution in [2.45, 2.75) is 13.1 Å². The number of rotatable bonds is 1. The molecule has 0 saturated carbocycles. The quantitative estimate of drug-likeness (QED) is 0.517. The lowest BCUT2D eigenvalue weighted by atomic mass is 10.6. The molecule has 48 valence electrons. The minimum Gasteiger partial charge on any atom is -0.161 e. The molecule has 0 aliphatic carbocycles. The van der Waals surface area contributed by atoms with Crippen LogP contribution in [0.25, 0.3) is 0 Å². The summed E-state index contributed by atoms with van der Waals surface area (Å²) in [7, 11) is -0.702. The molecule has 0 radical (unpaired) electrons. The van der Waals surface area contributed by atoms with Gasteiger partial charge in [0.15, 0.2) is 0 Å². The van der Waals surface area contributed by atoms with Crippen LogP contribution in [0.4, 0.5) is 0 Å². The predicted octanol–water partition coefficient (Wildman–Crippen LogP) is 0.170. The van der Waals surface area contributed by atoms with Crippen LogP contribution >= 0.6 is 0 Å². The molecular formula is C6H10N2Si. The highest BCUT2D eigenvalue weighted by Gasteiger charge is 1.98. The maximum absolute atomic E-state index is 3.99. The summed E-state index contributed by atoms with van der Waals surface area (Å²) in [5.41, 5.74) is 0. The van der Waals surface area contributed by atoms with E-state index in [1.807, 2.05) is 12.1 Å². The third-order valence-corrected chi connectivity index (χ3v) is 2.68. The van der Waals surface area contributed by atoms with E-state index in [0.29, 0.717) is 0 Å². The van der Waals surface area contributed by atoms with Crippen LogP contribution in [0.3, 0.4) is 0 Å². The number of nitrogens with zero attached hydrogens (tertiary/aromatic N) is 2. The van der Waals surface area contributed by atoms with E-state index in [1.54, 1.807) is 6.20 Å². The van der Waals surface area contributed by atoms with Gasteiger partial charge in [0.05, 0.1) is 8.80 Å². The Morgan fingerprint density at radius 1 is 1.44 bits per heavy atom. The lowest BCUT2D eigenvalue weighted by Gasteiger charge is -1.97. The first-order valence-electron chi connectivity index (χ1n) is 3.08. The molecule has 0 atom stereocenters. The maximum Gasteiger partial charge on any atom is 0.0908 e. The summed E-state index contributed by atoms with van der Waals surface area (Å²) in [6.45, 7) is 4.48. The fourth-order valence-electron chi connectivity index (χ4n) is 0.621.